The van der Waals surface area contributed by atoms with Crippen molar-refractivity contribution in [3.05, 3.63) is 23.8 Å². The van der Waals surface area contributed by atoms with Crippen molar-refractivity contribution in [2.75, 3.05) is 18.9 Å². The first-order chi connectivity index (χ1) is 7.25. The van der Waals surface area contributed by atoms with E-state index in [0.717, 1.165) is 31.7 Å². The van der Waals surface area contributed by atoms with E-state index in [4.69, 9.17) is 10.5 Å². The zero-order chi connectivity index (χ0) is 10.7. The highest BCUT2D eigenvalue weighted by Crippen LogP contribution is 2.31. The Labute approximate surface area is 95.2 Å². The Hall–Kier alpha value is -0.670. The molecule has 1 fully saturated rings. The predicted molar refractivity (Wildman–Crippen MR) is 65.3 cm³/mol. The van der Waals surface area contributed by atoms with Crippen molar-refractivity contribution >= 4 is 17.4 Å². The maximum atomic E-state index is 5.79. The topological polar surface area (TPSA) is 35.2 Å². The minimum Gasteiger partial charge on any atom is -0.399 e. The van der Waals surface area contributed by atoms with Crippen LogP contribution >= 0.6 is 11.8 Å². The molecule has 0 aliphatic carbocycles. The Bertz CT molecular complexity index is 334. The lowest BCUT2D eigenvalue weighted by molar-refractivity contribution is 0.100. The van der Waals surface area contributed by atoms with Crippen molar-refractivity contribution in [2.24, 2.45) is 0 Å². The van der Waals surface area contributed by atoms with Crippen LogP contribution in [0, 0.1) is 6.92 Å². The molecule has 0 unspecified atom stereocenters. The van der Waals surface area contributed by atoms with Gasteiger partial charge in [-0.2, -0.15) is 0 Å². The average Bonchev–Trinajstić information content (AvgIpc) is 2.25. The monoisotopic (exact) mass is 223 g/mol. The Morgan fingerprint density at radius 1 is 1.33 bits per heavy atom. The summed E-state index contributed by atoms with van der Waals surface area (Å²) in [6, 6.07) is 6.29. The van der Waals surface area contributed by atoms with Crippen LogP contribution < -0.4 is 5.73 Å². The highest BCUT2D eigenvalue weighted by Gasteiger charge is 2.14. The van der Waals surface area contributed by atoms with E-state index in [1.165, 1.54) is 10.5 Å². The number of nitrogen functional groups attached to an aromatic ring is 1. The molecule has 1 heterocycles. The van der Waals surface area contributed by atoms with Crippen LogP contribution in [0.5, 0.6) is 0 Å². The van der Waals surface area contributed by atoms with E-state index in [2.05, 4.69) is 19.1 Å². The van der Waals surface area contributed by atoms with Crippen LogP contribution in [0.2, 0.25) is 0 Å². The summed E-state index contributed by atoms with van der Waals surface area (Å²) in [6.07, 6.45) is 2.32. The van der Waals surface area contributed by atoms with Gasteiger partial charge in [-0.15, -0.1) is 11.8 Å². The number of thioether (sulfide) groups is 1. The molecule has 1 aromatic carbocycles. The van der Waals surface area contributed by atoms with Crippen LogP contribution in [0.4, 0.5) is 5.69 Å². The highest BCUT2D eigenvalue weighted by atomic mass is 32.2. The van der Waals surface area contributed by atoms with E-state index < -0.39 is 0 Å². The van der Waals surface area contributed by atoms with Crippen LogP contribution in [0.25, 0.3) is 0 Å². The maximum Gasteiger partial charge on any atom is 0.0476 e. The third-order valence-electron chi connectivity index (χ3n) is 2.71. The smallest absolute Gasteiger partial charge is 0.0476 e. The number of ether oxygens (including phenoxy) is 1. The average molecular weight is 223 g/mol. The second-order valence-corrected chi connectivity index (χ2v) is 5.32. The molecule has 1 aliphatic heterocycles. The van der Waals surface area contributed by atoms with E-state index >= 15 is 0 Å². The van der Waals surface area contributed by atoms with Crippen molar-refractivity contribution in [2.45, 2.75) is 29.9 Å². The van der Waals surface area contributed by atoms with Crippen LogP contribution in [0.3, 0.4) is 0 Å². The van der Waals surface area contributed by atoms with Gasteiger partial charge in [-0.1, -0.05) is 0 Å². The van der Waals surface area contributed by atoms with Crippen LogP contribution in [0.1, 0.15) is 18.4 Å². The van der Waals surface area contributed by atoms with Gasteiger partial charge in [0.05, 0.1) is 0 Å². The second kappa shape index (κ2) is 4.90. The summed E-state index contributed by atoms with van der Waals surface area (Å²) in [5, 5.41) is 0.710. The normalized spacial score (nSPS) is 17.9. The van der Waals surface area contributed by atoms with E-state index in [0.29, 0.717) is 5.25 Å². The van der Waals surface area contributed by atoms with E-state index in [-0.39, 0.29) is 0 Å². The minimum absolute atomic E-state index is 0.710. The van der Waals surface area contributed by atoms with Gasteiger partial charge in [0.2, 0.25) is 0 Å². The Kier molecular flexibility index (Phi) is 3.54. The zero-order valence-electron chi connectivity index (χ0n) is 9.03. The van der Waals surface area contributed by atoms with Gasteiger partial charge in [0.25, 0.3) is 0 Å². The van der Waals surface area contributed by atoms with E-state index in [9.17, 15) is 0 Å². The SMILES string of the molecule is Cc1cc(SC2CCOCC2)ccc1N. The Balaban J connectivity index is 2.00. The third kappa shape index (κ3) is 2.89. The molecule has 82 valence electrons. The molecule has 0 atom stereocenters. The summed E-state index contributed by atoms with van der Waals surface area (Å²) in [5.41, 5.74) is 7.85. The van der Waals surface area contributed by atoms with Gasteiger partial charge in [0.15, 0.2) is 0 Å². The lowest BCUT2D eigenvalue weighted by atomic mass is 10.2. The van der Waals surface area contributed by atoms with Gasteiger partial charge < -0.3 is 10.5 Å². The van der Waals surface area contributed by atoms with Gasteiger partial charge in [0.1, 0.15) is 0 Å². The third-order valence-corrected chi connectivity index (χ3v) is 4.04. The molecule has 1 aromatic rings. The Morgan fingerprint density at radius 2 is 2.07 bits per heavy atom. The fraction of sp³-hybridized carbons (Fsp3) is 0.500. The number of rotatable bonds is 2. The van der Waals surface area contributed by atoms with Gasteiger partial charge in [0, 0.05) is 29.0 Å². The molecule has 0 radical (unpaired) electrons. The van der Waals surface area contributed by atoms with Gasteiger partial charge in [-0.25, -0.2) is 0 Å². The van der Waals surface area contributed by atoms with E-state index in [1.807, 2.05) is 17.8 Å². The molecule has 0 amide bonds. The number of aryl methyl sites for hydroxylation is 1. The molecule has 0 spiro atoms. The van der Waals surface area contributed by atoms with Crippen LogP contribution in [-0.4, -0.2) is 18.5 Å². The standard InChI is InChI=1S/C12H17NOS/c1-9-8-11(2-3-12(9)13)15-10-4-6-14-7-5-10/h2-3,8,10H,4-7,13H2,1H3. The molecular weight excluding hydrogens is 206 g/mol. The minimum atomic E-state index is 0.710. The molecule has 0 aromatic heterocycles. The van der Waals surface area contributed by atoms with Crippen molar-refractivity contribution in [3.8, 4) is 0 Å². The summed E-state index contributed by atoms with van der Waals surface area (Å²) < 4.78 is 5.35. The molecule has 2 rings (SSSR count). The van der Waals surface area contributed by atoms with Gasteiger partial charge >= 0.3 is 0 Å². The van der Waals surface area contributed by atoms with Crippen molar-refractivity contribution < 1.29 is 4.74 Å². The fourth-order valence-electron chi connectivity index (χ4n) is 1.71. The Morgan fingerprint density at radius 3 is 2.73 bits per heavy atom. The molecular formula is C12H17NOS. The largest absolute Gasteiger partial charge is 0.399 e. The molecule has 1 aliphatic rings. The van der Waals surface area contributed by atoms with Crippen molar-refractivity contribution in [3.63, 3.8) is 0 Å². The molecule has 1 saturated heterocycles. The first-order valence-corrected chi connectivity index (χ1v) is 6.24. The molecule has 2 nitrogen and oxygen atoms in total. The summed E-state index contributed by atoms with van der Waals surface area (Å²) in [6.45, 7) is 3.88. The summed E-state index contributed by atoms with van der Waals surface area (Å²) in [4.78, 5) is 1.33. The lowest BCUT2D eigenvalue weighted by Crippen LogP contribution is -2.17. The number of anilines is 1. The number of hydrogen-bond acceptors (Lipinski definition) is 3. The van der Waals surface area contributed by atoms with Gasteiger partial charge in [-0.3, -0.25) is 0 Å². The van der Waals surface area contributed by atoms with E-state index in [1.54, 1.807) is 0 Å². The molecule has 0 saturated carbocycles. The van der Waals surface area contributed by atoms with Crippen molar-refractivity contribution in [1.82, 2.24) is 0 Å². The molecule has 2 N–H and O–H groups in total. The first kappa shape index (κ1) is 10.8. The van der Waals surface area contributed by atoms with Crippen LogP contribution in [-0.2, 0) is 4.74 Å². The lowest BCUT2D eigenvalue weighted by Gasteiger charge is -2.21. The van der Waals surface area contributed by atoms with Crippen molar-refractivity contribution in [1.29, 1.82) is 0 Å². The maximum absolute atomic E-state index is 5.79. The summed E-state index contributed by atoms with van der Waals surface area (Å²) in [7, 11) is 0. The zero-order valence-corrected chi connectivity index (χ0v) is 9.85. The molecule has 3 heteroatoms. The summed E-state index contributed by atoms with van der Waals surface area (Å²) in [5.74, 6) is 0. The molecule has 0 bridgehead atoms. The number of hydrogen-bond donors (Lipinski definition) is 1. The fourth-order valence-corrected chi connectivity index (χ4v) is 2.91. The predicted octanol–water partition coefficient (Wildman–Crippen LogP) is 2.85. The molecule has 15 heavy (non-hydrogen) atoms. The second-order valence-electron chi connectivity index (χ2n) is 3.95. The highest BCUT2D eigenvalue weighted by molar-refractivity contribution is 8.00. The quantitative estimate of drug-likeness (QED) is 0.783. The van der Waals surface area contributed by atoms with Crippen LogP contribution in [0.15, 0.2) is 23.1 Å². The number of nitrogens with two attached hydrogens (primary N) is 1. The number of benzene rings is 1. The first-order valence-electron chi connectivity index (χ1n) is 5.36. The summed E-state index contributed by atoms with van der Waals surface area (Å²) >= 11 is 1.95. The van der Waals surface area contributed by atoms with Gasteiger partial charge in [-0.05, 0) is 43.5 Å².